The lowest BCUT2D eigenvalue weighted by atomic mass is 10.1. The van der Waals surface area contributed by atoms with Crippen LogP contribution in [0.3, 0.4) is 0 Å². The summed E-state index contributed by atoms with van der Waals surface area (Å²) in [5, 5.41) is 5.79. The molecule has 0 radical (unpaired) electrons. The van der Waals surface area contributed by atoms with Crippen molar-refractivity contribution in [2.75, 3.05) is 5.32 Å². The summed E-state index contributed by atoms with van der Waals surface area (Å²) in [7, 11) is 0. The van der Waals surface area contributed by atoms with Crippen molar-refractivity contribution in [3.05, 3.63) is 29.3 Å². The SMILES string of the molecule is Cc1ccc(NC(=O)NC(C)C(C)C)c(C)c1. The van der Waals surface area contributed by atoms with E-state index in [2.05, 4.69) is 30.5 Å². The Balaban J connectivity index is 2.62. The summed E-state index contributed by atoms with van der Waals surface area (Å²) in [5.74, 6) is 0.430. The van der Waals surface area contributed by atoms with E-state index in [0.29, 0.717) is 5.92 Å². The molecule has 0 aliphatic heterocycles. The molecule has 0 aliphatic carbocycles. The van der Waals surface area contributed by atoms with Crippen molar-refractivity contribution < 1.29 is 4.79 Å². The van der Waals surface area contributed by atoms with Crippen molar-refractivity contribution in [1.29, 1.82) is 0 Å². The highest BCUT2D eigenvalue weighted by atomic mass is 16.2. The van der Waals surface area contributed by atoms with Gasteiger partial charge in [-0.05, 0) is 38.3 Å². The summed E-state index contributed by atoms with van der Waals surface area (Å²) in [5.41, 5.74) is 3.14. The van der Waals surface area contributed by atoms with Crippen LogP contribution in [0.25, 0.3) is 0 Å². The zero-order chi connectivity index (χ0) is 13.0. The Morgan fingerprint density at radius 1 is 1.18 bits per heavy atom. The molecule has 0 fully saturated rings. The highest BCUT2D eigenvalue weighted by Crippen LogP contribution is 2.15. The second kappa shape index (κ2) is 5.71. The Hall–Kier alpha value is -1.51. The van der Waals surface area contributed by atoms with Gasteiger partial charge in [-0.2, -0.15) is 0 Å². The van der Waals surface area contributed by atoms with E-state index in [1.54, 1.807) is 0 Å². The van der Waals surface area contributed by atoms with Gasteiger partial charge in [0.15, 0.2) is 0 Å². The van der Waals surface area contributed by atoms with E-state index < -0.39 is 0 Å². The number of nitrogens with one attached hydrogen (secondary N) is 2. The normalized spacial score (nSPS) is 12.4. The van der Waals surface area contributed by atoms with Crippen LogP contribution < -0.4 is 10.6 Å². The minimum atomic E-state index is -0.141. The first-order valence-electron chi connectivity index (χ1n) is 6.05. The summed E-state index contributed by atoms with van der Waals surface area (Å²) in [6, 6.07) is 6.01. The van der Waals surface area contributed by atoms with Crippen molar-refractivity contribution in [2.45, 2.75) is 40.7 Å². The molecule has 0 bridgehead atoms. The quantitative estimate of drug-likeness (QED) is 0.826. The summed E-state index contributed by atoms with van der Waals surface area (Å²) in [4.78, 5) is 11.7. The van der Waals surface area contributed by atoms with Crippen LogP contribution in [-0.2, 0) is 0 Å². The summed E-state index contributed by atoms with van der Waals surface area (Å²) in [6.07, 6.45) is 0. The zero-order valence-electron chi connectivity index (χ0n) is 11.3. The Labute approximate surface area is 104 Å². The molecule has 0 saturated heterocycles. The van der Waals surface area contributed by atoms with Crippen LogP contribution in [0.2, 0.25) is 0 Å². The van der Waals surface area contributed by atoms with Crippen LogP contribution in [0.4, 0.5) is 10.5 Å². The highest BCUT2D eigenvalue weighted by Gasteiger charge is 2.11. The Bertz CT molecular complexity index is 399. The molecule has 0 heterocycles. The Morgan fingerprint density at radius 3 is 2.35 bits per heavy atom. The average Bonchev–Trinajstić information content (AvgIpc) is 2.22. The van der Waals surface area contributed by atoms with E-state index in [9.17, 15) is 4.79 Å². The van der Waals surface area contributed by atoms with Crippen molar-refractivity contribution in [3.8, 4) is 0 Å². The van der Waals surface area contributed by atoms with Gasteiger partial charge in [0.25, 0.3) is 0 Å². The molecule has 0 aromatic heterocycles. The van der Waals surface area contributed by atoms with E-state index in [4.69, 9.17) is 0 Å². The maximum atomic E-state index is 11.7. The predicted molar refractivity (Wildman–Crippen MR) is 72.4 cm³/mol. The number of carbonyl (C=O) groups excluding carboxylic acids is 1. The second-order valence-electron chi connectivity index (χ2n) is 4.95. The summed E-state index contributed by atoms with van der Waals surface area (Å²) < 4.78 is 0. The van der Waals surface area contributed by atoms with Gasteiger partial charge in [0.05, 0.1) is 0 Å². The third kappa shape index (κ3) is 4.10. The molecule has 1 unspecified atom stereocenters. The molecule has 94 valence electrons. The number of anilines is 1. The lowest BCUT2D eigenvalue weighted by molar-refractivity contribution is 0.246. The van der Waals surface area contributed by atoms with E-state index in [1.165, 1.54) is 5.56 Å². The van der Waals surface area contributed by atoms with Crippen molar-refractivity contribution in [2.24, 2.45) is 5.92 Å². The van der Waals surface area contributed by atoms with Crippen LogP contribution in [0.15, 0.2) is 18.2 Å². The van der Waals surface area contributed by atoms with E-state index in [-0.39, 0.29) is 12.1 Å². The van der Waals surface area contributed by atoms with Crippen molar-refractivity contribution in [3.63, 3.8) is 0 Å². The van der Waals surface area contributed by atoms with Gasteiger partial charge < -0.3 is 10.6 Å². The first-order chi connectivity index (χ1) is 7.90. The Morgan fingerprint density at radius 2 is 1.82 bits per heavy atom. The number of urea groups is 1. The fraction of sp³-hybridized carbons (Fsp3) is 0.500. The van der Waals surface area contributed by atoms with Gasteiger partial charge in [-0.25, -0.2) is 4.79 Å². The molecule has 1 aromatic carbocycles. The molecular weight excluding hydrogens is 212 g/mol. The molecule has 3 heteroatoms. The van der Waals surface area contributed by atoms with Gasteiger partial charge >= 0.3 is 6.03 Å². The highest BCUT2D eigenvalue weighted by molar-refractivity contribution is 5.90. The van der Waals surface area contributed by atoms with Crippen LogP contribution >= 0.6 is 0 Å². The maximum Gasteiger partial charge on any atom is 0.319 e. The van der Waals surface area contributed by atoms with Crippen molar-refractivity contribution >= 4 is 11.7 Å². The molecule has 0 aliphatic rings. The van der Waals surface area contributed by atoms with Crippen LogP contribution in [-0.4, -0.2) is 12.1 Å². The minimum absolute atomic E-state index is 0.141. The third-order valence-electron chi connectivity index (χ3n) is 2.99. The standard InChI is InChI=1S/C14H22N2O/c1-9(2)12(5)15-14(17)16-13-7-6-10(3)8-11(13)4/h6-9,12H,1-5H3,(H2,15,16,17). The fourth-order valence-corrected chi connectivity index (χ4v) is 1.49. The molecule has 2 amide bonds. The lowest BCUT2D eigenvalue weighted by Crippen LogP contribution is -2.39. The number of aryl methyl sites for hydroxylation is 2. The third-order valence-corrected chi connectivity index (χ3v) is 2.99. The lowest BCUT2D eigenvalue weighted by Gasteiger charge is -2.18. The largest absolute Gasteiger partial charge is 0.335 e. The van der Waals surface area contributed by atoms with E-state index in [0.717, 1.165) is 11.3 Å². The number of hydrogen-bond donors (Lipinski definition) is 2. The van der Waals surface area contributed by atoms with E-state index >= 15 is 0 Å². The fourth-order valence-electron chi connectivity index (χ4n) is 1.49. The van der Waals surface area contributed by atoms with Crippen LogP contribution in [0.1, 0.15) is 31.9 Å². The number of benzene rings is 1. The molecule has 17 heavy (non-hydrogen) atoms. The molecule has 0 saturated carbocycles. The predicted octanol–water partition coefficient (Wildman–Crippen LogP) is 3.47. The topological polar surface area (TPSA) is 41.1 Å². The van der Waals surface area contributed by atoms with Gasteiger partial charge in [-0.3, -0.25) is 0 Å². The second-order valence-corrected chi connectivity index (χ2v) is 4.95. The molecule has 2 N–H and O–H groups in total. The van der Waals surface area contributed by atoms with Crippen molar-refractivity contribution in [1.82, 2.24) is 5.32 Å². The van der Waals surface area contributed by atoms with Gasteiger partial charge in [0.2, 0.25) is 0 Å². The molecule has 1 rings (SSSR count). The van der Waals surface area contributed by atoms with E-state index in [1.807, 2.05) is 32.9 Å². The Kier molecular flexibility index (Phi) is 4.55. The number of rotatable bonds is 3. The monoisotopic (exact) mass is 234 g/mol. The van der Waals surface area contributed by atoms with Crippen LogP contribution in [0, 0.1) is 19.8 Å². The molecule has 3 nitrogen and oxygen atoms in total. The van der Waals surface area contributed by atoms with Crippen LogP contribution in [0.5, 0.6) is 0 Å². The minimum Gasteiger partial charge on any atom is -0.335 e. The van der Waals surface area contributed by atoms with Gasteiger partial charge in [-0.15, -0.1) is 0 Å². The number of hydrogen-bond acceptors (Lipinski definition) is 1. The van der Waals surface area contributed by atoms with Gasteiger partial charge in [0, 0.05) is 11.7 Å². The maximum absolute atomic E-state index is 11.7. The average molecular weight is 234 g/mol. The zero-order valence-corrected chi connectivity index (χ0v) is 11.3. The molecule has 1 aromatic rings. The first kappa shape index (κ1) is 13.6. The summed E-state index contributed by atoms with van der Waals surface area (Å²) >= 11 is 0. The summed E-state index contributed by atoms with van der Waals surface area (Å²) in [6.45, 7) is 10.2. The molecule has 1 atom stereocenters. The smallest absolute Gasteiger partial charge is 0.319 e. The van der Waals surface area contributed by atoms with Gasteiger partial charge in [-0.1, -0.05) is 31.5 Å². The first-order valence-corrected chi connectivity index (χ1v) is 6.05. The number of carbonyl (C=O) groups is 1. The molecular formula is C14H22N2O. The number of amides is 2. The van der Waals surface area contributed by atoms with Gasteiger partial charge in [0.1, 0.15) is 0 Å². The molecule has 0 spiro atoms.